The molecule has 16 heavy (non-hydrogen) atoms. The molecule has 1 aromatic heterocycles. The van der Waals surface area contributed by atoms with Crippen LogP contribution in [0.1, 0.15) is 25.7 Å². The fourth-order valence-electron chi connectivity index (χ4n) is 1.91. The topological polar surface area (TPSA) is 94.1 Å². The SMILES string of the molecule is NC1CCCCC1Nc1ncc([N+](=O)[O-])s1. The van der Waals surface area contributed by atoms with Crippen LogP contribution in [0.5, 0.6) is 0 Å². The van der Waals surface area contributed by atoms with Gasteiger partial charge in [0.25, 0.3) is 0 Å². The average molecular weight is 242 g/mol. The molecule has 6 nitrogen and oxygen atoms in total. The van der Waals surface area contributed by atoms with Crippen molar-refractivity contribution in [2.45, 2.75) is 37.8 Å². The van der Waals surface area contributed by atoms with E-state index in [1.54, 1.807) is 0 Å². The van der Waals surface area contributed by atoms with Crippen LogP contribution in [-0.4, -0.2) is 22.0 Å². The number of nitrogens with two attached hydrogens (primary N) is 1. The van der Waals surface area contributed by atoms with Crippen molar-refractivity contribution in [3.05, 3.63) is 16.3 Å². The number of rotatable bonds is 3. The first kappa shape index (κ1) is 11.3. The maximum Gasteiger partial charge on any atom is 0.345 e. The lowest BCUT2D eigenvalue weighted by molar-refractivity contribution is -0.380. The molecular formula is C9H14N4O2S. The van der Waals surface area contributed by atoms with Gasteiger partial charge in [0.05, 0.1) is 4.92 Å². The number of thiazole rings is 1. The van der Waals surface area contributed by atoms with E-state index >= 15 is 0 Å². The quantitative estimate of drug-likeness (QED) is 0.622. The highest BCUT2D eigenvalue weighted by Crippen LogP contribution is 2.28. The van der Waals surface area contributed by atoms with E-state index < -0.39 is 4.92 Å². The Morgan fingerprint density at radius 3 is 2.94 bits per heavy atom. The van der Waals surface area contributed by atoms with Gasteiger partial charge in [0.1, 0.15) is 6.20 Å². The van der Waals surface area contributed by atoms with Crippen LogP contribution in [0.15, 0.2) is 6.20 Å². The molecule has 0 saturated heterocycles. The predicted molar refractivity (Wildman–Crippen MR) is 62.6 cm³/mol. The fraction of sp³-hybridized carbons (Fsp3) is 0.667. The van der Waals surface area contributed by atoms with Crippen LogP contribution < -0.4 is 11.1 Å². The maximum atomic E-state index is 10.5. The molecule has 0 aliphatic heterocycles. The highest BCUT2D eigenvalue weighted by molar-refractivity contribution is 7.18. The van der Waals surface area contributed by atoms with Gasteiger partial charge in [0, 0.05) is 12.1 Å². The third-order valence-electron chi connectivity index (χ3n) is 2.80. The highest BCUT2D eigenvalue weighted by Gasteiger charge is 2.23. The molecule has 3 N–H and O–H groups in total. The van der Waals surface area contributed by atoms with Gasteiger partial charge < -0.3 is 11.1 Å². The van der Waals surface area contributed by atoms with Crippen molar-refractivity contribution >= 4 is 21.5 Å². The lowest BCUT2D eigenvalue weighted by atomic mass is 9.91. The minimum absolute atomic E-state index is 0.0619. The molecule has 1 aliphatic carbocycles. The second kappa shape index (κ2) is 4.75. The Kier molecular flexibility index (Phi) is 3.35. The van der Waals surface area contributed by atoms with Crippen molar-refractivity contribution in [1.82, 2.24) is 4.98 Å². The third kappa shape index (κ3) is 2.48. The molecule has 1 saturated carbocycles. The standard InChI is InChI=1S/C9H14N4O2S/c10-6-3-1-2-4-7(6)12-9-11-5-8(16-9)13(14)15/h5-7H,1-4,10H2,(H,11,12). The average Bonchev–Trinajstić information content (AvgIpc) is 2.70. The molecule has 1 fully saturated rings. The Morgan fingerprint density at radius 2 is 2.31 bits per heavy atom. The molecule has 0 spiro atoms. The van der Waals surface area contributed by atoms with E-state index in [0.717, 1.165) is 37.0 Å². The Morgan fingerprint density at radius 1 is 1.56 bits per heavy atom. The number of nitrogens with one attached hydrogen (secondary N) is 1. The maximum absolute atomic E-state index is 10.5. The Balaban J connectivity index is 1.99. The Hall–Kier alpha value is -1.21. The van der Waals surface area contributed by atoms with Crippen molar-refractivity contribution in [3.63, 3.8) is 0 Å². The summed E-state index contributed by atoms with van der Waals surface area (Å²) < 4.78 is 0. The van der Waals surface area contributed by atoms with Crippen LogP contribution in [0, 0.1) is 10.1 Å². The van der Waals surface area contributed by atoms with Gasteiger partial charge in [-0.2, -0.15) is 0 Å². The van der Waals surface area contributed by atoms with Crippen LogP contribution in [-0.2, 0) is 0 Å². The summed E-state index contributed by atoms with van der Waals surface area (Å²) in [6.45, 7) is 0. The first-order chi connectivity index (χ1) is 7.66. The zero-order valence-corrected chi connectivity index (χ0v) is 9.57. The van der Waals surface area contributed by atoms with E-state index in [-0.39, 0.29) is 17.1 Å². The van der Waals surface area contributed by atoms with Gasteiger partial charge >= 0.3 is 5.00 Å². The minimum Gasteiger partial charge on any atom is -0.357 e. The molecule has 0 bridgehead atoms. The van der Waals surface area contributed by atoms with Gasteiger partial charge in [0.2, 0.25) is 0 Å². The van der Waals surface area contributed by atoms with E-state index in [9.17, 15) is 10.1 Å². The zero-order chi connectivity index (χ0) is 11.5. The molecule has 7 heteroatoms. The van der Waals surface area contributed by atoms with E-state index in [4.69, 9.17) is 5.73 Å². The van der Waals surface area contributed by atoms with Crippen molar-refractivity contribution in [3.8, 4) is 0 Å². The smallest absolute Gasteiger partial charge is 0.345 e. The zero-order valence-electron chi connectivity index (χ0n) is 8.76. The lowest BCUT2D eigenvalue weighted by Gasteiger charge is -2.28. The number of nitrogens with zero attached hydrogens (tertiary/aromatic N) is 2. The fourth-order valence-corrected chi connectivity index (χ4v) is 2.61. The van der Waals surface area contributed by atoms with Gasteiger partial charge in [0.15, 0.2) is 5.13 Å². The van der Waals surface area contributed by atoms with Gasteiger partial charge in [-0.3, -0.25) is 10.1 Å². The van der Waals surface area contributed by atoms with E-state index in [1.807, 2.05) is 0 Å². The van der Waals surface area contributed by atoms with Crippen LogP contribution in [0.25, 0.3) is 0 Å². The molecule has 0 amide bonds. The second-order valence-corrected chi connectivity index (χ2v) is 4.97. The first-order valence-electron chi connectivity index (χ1n) is 5.29. The Bertz CT molecular complexity index is 381. The molecule has 2 unspecified atom stereocenters. The van der Waals surface area contributed by atoms with Crippen LogP contribution in [0.2, 0.25) is 0 Å². The first-order valence-corrected chi connectivity index (χ1v) is 6.11. The largest absolute Gasteiger partial charge is 0.357 e. The van der Waals surface area contributed by atoms with E-state index in [1.165, 1.54) is 6.20 Å². The summed E-state index contributed by atoms with van der Waals surface area (Å²) >= 11 is 1.06. The van der Waals surface area contributed by atoms with Crippen molar-refractivity contribution in [2.24, 2.45) is 5.73 Å². The molecule has 1 aliphatic rings. The van der Waals surface area contributed by atoms with Crippen molar-refractivity contribution < 1.29 is 4.92 Å². The molecule has 88 valence electrons. The second-order valence-electron chi connectivity index (χ2n) is 3.96. The number of hydrogen-bond acceptors (Lipinski definition) is 6. The summed E-state index contributed by atoms with van der Waals surface area (Å²) in [5, 5.41) is 14.3. The summed E-state index contributed by atoms with van der Waals surface area (Å²) in [5.41, 5.74) is 5.97. The third-order valence-corrected chi connectivity index (χ3v) is 3.68. The number of hydrogen-bond donors (Lipinski definition) is 2. The number of nitro groups is 1. The molecule has 1 aromatic rings. The molecule has 0 radical (unpaired) electrons. The summed E-state index contributed by atoms with van der Waals surface area (Å²) in [4.78, 5) is 14.0. The number of anilines is 1. The van der Waals surface area contributed by atoms with E-state index in [0.29, 0.717) is 5.13 Å². The summed E-state index contributed by atoms with van der Waals surface area (Å²) in [5.74, 6) is 0. The molecule has 2 rings (SSSR count). The Labute approximate surface area is 97.0 Å². The summed E-state index contributed by atoms with van der Waals surface area (Å²) in [7, 11) is 0. The highest BCUT2D eigenvalue weighted by atomic mass is 32.1. The van der Waals surface area contributed by atoms with Crippen molar-refractivity contribution in [1.29, 1.82) is 0 Å². The normalized spacial score (nSPS) is 25.3. The summed E-state index contributed by atoms with van der Waals surface area (Å²) in [6, 6.07) is 0.316. The monoisotopic (exact) mass is 242 g/mol. The number of aromatic nitrogens is 1. The molecular weight excluding hydrogens is 228 g/mol. The predicted octanol–water partition coefficient (Wildman–Crippen LogP) is 1.73. The van der Waals surface area contributed by atoms with E-state index in [2.05, 4.69) is 10.3 Å². The van der Waals surface area contributed by atoms with Crippen LogP contribution >= 0.6 is 11.3 Å². The van der Waals surface area contributed by atoms with Gasteiger partial charge in [-0.25, -0.2) is 4.98 Å². The van der Waals surface area contributed by atoms with Crippen molar-refractivity contribution in [2.75, 3.05) is 5.32 Å². The minimum atomic E-state index is -0.427. The van der Waals surface area contributed by atoms with Gasteiger partial charge in [-0.05, 0) is 24.2 Å². The van der Waals surface area contributed by atoms with Gasteiger partial charge in [-0.1, -0.05) is 12.8 Å². The lowest BCUT2D eigenvalue weighted by Crippen LogP contribution is -2.42. The van der Waals surface area contributed by atoms with Crippen LogP contribution in [0.4, 0.5) is 10.1 Å². The van der Waals surface area contributed by atoms with Crippen LogP contribution in [0.3, 0.4) is 0 Å². The molecule has 2 atom stereocenters. The van der Waals surface area contributed by atoms with Gasteiger partial charge in [-0.15, -0.1) is 0 Å². The molecule has 0 aromatic carbocycles. The summed E-state index contributed by atoms with van der Waals surface area (Å²) in [6.07, 6.45) is 5.61. The molecule has 1 heterocycles.